The maximum absolute atomic E-state index is 14.5. The van der Waals surface area contributed by atoms with Crippen LogP contribution in [-0.4, -0.2) is 186 Å². The largest absolute Gasteiger partial charge is 0.459 e. The smallest absolute Gasteiger partial charge is 0.314 e. The quantitative estimate of drug-likeness (QED) is 0.0600. The lowest BCUT2D eigenvalue weighted by molar-refractivity contribution is -0.306. The Hall–Kier alpha value is -2.04. The second-order valence-corrected chi connectivity index (χ2v) is 20.5. The lowest BCUT2D eigenvalue weighted by atomic mass is 9.77. The van der Waals surface area contributed by atoms with Gasteiger partial charge in [-0.3, -0.25) is 9.69 Å². The van der Waals surface area contributed by atoms with Gasteiger partial charge in [0.15, 0.2) is 12.6 Å². The normalized spacial score (nSPS) is 36.3. The molecule has 2 aliphatic heterocycles. The van der Waals surface area contributed by atoms with E-state index in [4.69, 9.17) is 28.4 Å². The molecule has 3 heterocycles. The molecule has 0 radical (unpaired) electrons. The minimum absolute atomic E-state index is 0.157. The highest BCUT2D eigenvalue weighted by Crippen LogP contribution is 2.38. The van der Waals surface area contributed by atoms with Gasteiger partial charge in [0.2, 0.25) is 0 Å². The predicted molar refractivity (Wildman–Crippen MR) is 249 cm³/mol. The molecule has 2 amide bonds. The van der Waals surface area contributed by atoms with E-state index >= 15 is 0 Å². The molecule has 18 heteroatoms. The number of cyclic esters (lactones) is 1. The molecule has 0 bridgehead atoms. The molecule has 0 spiro atoms. The van der Waals surface area contributed by atoms with E-state index in [0.717, 1.165) is 6.42 Å². The van der Waals surface area contributed by atoms with E-state index < -0.39 is 90.4 Å². The van der Waals surface area contributed by atoms with Crippen LogP contribution in [0.3, 0.4) is 0 Å². The molecule has 2 saturated heterocycles. The van der Waals surface area contributed by atoms with Gasteiger partial charge in [-0.05, 0) is 112 Å². The minimum atomic E-state index is -1.91. The number of carbonyl (C=O) groups excluding carboxylic acids is 2. The Kier molecular flexibility index (Phi) is 23.5. The number of amides is 2. The maximum atomic E-state index is 14.5. The van der Waals surface area contributed by atoms with Gasteiger partial charge < -0.3 is 69.5 Å². The summed E-state index contributed by atoms with van der Waals surface area (Å²) in [7, 11) is 5.30. The van der Waals surface area contributed by atoms with Crippen LogP contribution in [0.1, 0.15) is 106 Å². The third-order valence-corrected chi connectivity index (χ3v) is 14.2. The molecule has 0 saturated carbocycles. The van der Waals surface area contributed by atoms with Crippen LogP contribution in [0, 0.1) is 17.8 Å². The van der Waals surface area contributed by atoms with E-state index in [0.29, 0.717) is 39.0 Å². The number of likely N-dealkylation sites (N-methyl/N-ethyl adjacent to an activating group) is 1. The third kappa shape index (κ3) is 16.9. The third-order valence-electron chi connectivity index (χ3n) is 13.3. The number of aliphatic hydroxyl groups excluding tert-OH is 3. The lowest BCUT2D eigenvalue weighted by Crippen LogP contribution is -2.59. The Morgan fingerprint density at radius 1 is 1.09 bits per heavy atom. The number of esters is 1. The Balaban J connectivity index is 2.07. The number of carbonyl (C=O) groups is 2. The topological polar surface area (TPSA) is 221 Å². The first-order chi connectivity index (χ1) is 30.4. The molecule has 17 nitrogen and oxygen atoms in total. The van der Waals surface area contributed by atoms with Crippen molar-refractivity contribution in [2.75, 3.05) is 54.0 Å². The van der Waals surface area contributed by atoms with Crippen LogP contribution < -0.4 is 10.6 Å². The molecule has 2 fully saturated rings. The molecule has 3 rings (SSSR count). The molecule has 7 N–H and O–H groups in total. The van der Waals surface area contributed by atoms with Crippen molar-refractivity contribution in [1.82, 2.24) is 20.4 Å². The number of thiophene rings is 1. The Labute approximate surface area is 392 Å². The molecule has 0 unspecified atom stereocenters. The second-order valence-electron chi connectivity index (χ2n) is 19.4. The van der Waals surface area contributed by atoms with Gasteiger partial charge in [0.1, 0.15) is 23.9 Å². The van der Waals surface area contributed by atoms with Crippen LogP contribution in [0.15, 0.2) is 17.5 Å². The van der Waals surface area contributed by atoms with Gasteiger partial charge in [0.25, 0.3) is 0 Å². The molecular weight excluding hydrogens is 861 g/mol. The van der Waals surface area contributed by atoms with Gasteiger partial charge in [-0.1, -0.05) is 26.8 Å². The monoisotopic (exact) mass is 947 g/mol. The van der Waals surface area contributed by atoms with Gasteiger partial charge in [-0.25, -0.2) is 4.79 Å². The number of nitrogens with zero attached hydrogens (tertiary/aromatic N) is 2. The fourth-order valence-corrected chi connectivity index (χ4v) is 10.0. The fraction of sp³-hybridized carbons (Fsp3) is 0.872. The second kappa shape index (κ2) is 26.6. The van der Waals surface area contributed by atoms with E-state index in [1.54, 1.807) is 66.9 Å². The minimum Gasteiger partial charge on any atom is -0.459 e. The number of aliphatic hydroxyl groups is 5. The van der Waals surface area contributed by atoms with Crippen molar-refractivity contribution in [3.63, 3.8) is 0 Å². The summed E-state index contributed by atoms with van der Waals surface area (Å²) in [5.41, 5.74) is -3.55. The van der Waals surface area contributed by atoms with E-state index in [1.807, 2.05) is 55.3 Å². The summed E-state index contributed by atoms with van der Waals surface area (Å²) in [4.78, 5) is 32.3. The standard InChI is InChI=1S/C47H86N4O13S/c1-14-37-47(10,58)41(54)32(6)51(22-16-20-48-45(56)49-21-18-35-17-15-24-65-35)27-28(2)26-46(9,57)42(64-44-39(53)36(50(11)12)25-29(3)60-44)30(4)40(31(5)43(55)62-37)63-38(19-23-59-13)61-34(8)33(7)52/h15,17,24,28-34,36-42,44,52-54,57-58H,14,16,18-23,25-27H2,1-13H3,(H2,48,49,56)/t28-,29-,30+,31-,32-,33-,34+,36+,37-,38+,39-,40+,41-,42-,44+,46-,47-/m1/s1. The number of hydrogen-bond donors (Lipinski definition) is 7. The first kappa shape index (κ1) is 57.3. The van der Waals surface area contributed by atoms with Crippen molar-refractivity contribution < 1.29 is 63.5 Å². The fourth-order valence-electron chi connectivity index (χ4n) is 9.34. The molecule has 378 valence electrons. The van der Waals surface area contributed by atoms with E-state index in [-0.39, 0.29) is 50.0 Å². The maximum Gasteiger partial charge on any atom is 0.314 e. The van der Waals surface area contributed by atoms with Crippen LogP contribution in [-0.2, 0) is 39.6 Å². The van der Waals surface area contributed by atoms with Crippen LogP contribution in [0.2, 0.25) is 0 Å². The highest BCUT2D eigenvalue weighted by Gasteiger charge is 2.51. The summed E-state index contributed by atoms with van der Waals surface area (Å²) in [6.07, 6.45) is -7.43. The first-order valence-electron chi connectivity index (χ1n) is 23.7. The molecule has 0 aromatic carbocycles. The van der Waals surface area contributed by atoms with Crippen LogP contribution >= 0.6 is 11.3 Å². The Morgan fingerprint density at radius 3 is 2.37 bits per heavy atom. The van der Waals surface area contributed by atoms with Crippen LogP contribution in [0.4, 0.5) is 4.79 Å². The number of nitrogens with one attached hydrogen (secondary N) is 2. The molecule has 1 aromatic heterocycles. The van der Waals surface area contributed by atoms with E-state index in [2.05, 4.69) is 10.6 Å². The molecular formula is C47H86N4O13S. The number of ether oxygens (including phenoxy) is 6. The average molecular weight is 947 g/mol. The van der Waals surface area contributed by atoms with Gasteiger partial charge in [-0.15, -0.1) is 11.3 Å². The number of urea groups is 1. The Morgan fingerprint density at radius 2 is 1.77 bits per heavy atom. The zero-order valence-electron chi connectivity index (χ0n) is 41.5. The first-order valence-corrected chi connectivity index (χ1v) is 24.6. The molecule has 2 aliphatic rings. The number of hydrogen-bond acceptors (Lipinski definition) is 16. The molecule has 0 aliphatic carbocycles. The van der Waals surface area contributed by atoms with Crippen molar-refractivity contribution in [3.8, 4) is 0 Å². The SMILES string of the molecule is CC[C@H]1OC(=O)[C@H](C)[C@@H](O[C@@H](CCOC)O[C@@H](C)[C@@H](C)O)[C@H](C)[C@@H](O[C@@H]2O[C@H](C)C[C@H](N(C)C)[C@H]2O)[C@](C)(O)C[C@@H](C)CN(CCCNC(=O)NCCc2cccs2)[C@H](C)[C@@H](O)[C@]1(C)O. The summed E-state index contributed by atoms with van der Waals surface area (Å²) in [6, 6.07) is 2.74. The van der Waals surface area contributed by atoms with Gasteiger partial charge in [0, 0.05) is 62.6 Å². The predicted octanol–water partition coefficient (Wildman–Crippen LogP) is 3.51. The van der Waals surface area contributed by atoms with Crippen molar-refractivity contribution in [1.29, 1.82) is 0 Å². The molecule has 1 aromatic rings. The molecule has 65 heavy (non-hydrogen) atoms. The van der Waals surface area contributed by atoms with Gasteiger partial charge in [0.05, 0.1) is 48.6 Å². The number of rotatable bonds is 19. The average Bonchev–Trinajstić information content (AvgIpc) is 3.76. The van der Waals surface area contributed by atoms with Crippen molar-refractivity contribution in [3.05, 3.63) is 22.4 Å². The summed E-state index contributed by atoms with van der Waals surface area (Å²) < 4.78 is 37.6. The summed E-state index contributed by atoms with van der Waals surface area (Å²) in [6.45, 7) is 19.2. The van der Waals surface area contributed by atoms with Gasteiger partial charge in [-0.2, -0.15) is 0 Å². The van der Waals surface area contributed by atoms with Crippen LogP contribution in [0.5, 0.6) is 0 Å². The summed E-state index contributed by atoms with van der Waals surface area (Å²) in [5.74, 6) is -2.85. The zero-order valence-corrected chi connectivity index (χ0v) is 42.3. The van der Waals surface area contributed by atoms with Gasteiger partial charge >= 0.3 is 12.0 Å². The van der Waals surface area contributed by atoms with E-state index in [9.17, 15) is 35.1 Å². The van der Waals surface area contributed by atoms with E-state index in [1.165, 1.54) is 11.8 Å². The molecule has 17 atom stereocenters. The summed E-state index contributed by atoms with van der Waals surface area (Å²) in [5, 5.41) is 66.9. The van der Waals surface area contributed by atoms with Crippen LogP contribution in [0.25, 0.3) is 0 Å². The number of methoxy groups -OCH3 is 1. The van der Waals surface area contributed by atoms with Crippen molar-refractivity contribution in [2.45, 2.75) is 192 Å². The van der Waals surface area contributed by atoms with Crippen molar-refractivity contribution in [2.24, 2.45) is 17.8 Å². The summed E-state index contributed by atoms with van der Waals surface area (Å²) >= 11 is 1.64. The highest BCUT2D eigenvalue weighted by atomic mass is 32.1. The Bertz CT molecular complexity index is 1520. The van der Waals surface area contributed by atoms with Crippen molar-refractivity contribution >= 4 is 23.3 Å². The lowest BCUT2D eigenvalue weighted by Gasteiger charge is -2.47. The zero-order chi connectivity index (χ0) is 48.8. The highest BCUT2D eigenvalue weighted by molar-refractivity contribution is 7.09.